The zero-order chi connectivity index (χ0) is 14.5. The number of aromatic carboxylic acids is 1. The van der Waals surface area contributed by atoms with E-state index in [1.807, 2.05) is 31.2 Å². The second-order valence-corrected chi connectivity index (χ2v) is 4.56. The molecule has 20 heavy (non-hydrogen) atoms. The van der Waals surface area contributed by atoms with Crippen molar-refractivity contribution < 1.29 is 14.7 Å². The van der Waals surface area contributed by atoms with Gasteiger partial charge >= 0.3 is 5.97 Å². The van der Waals surface area contributed by atoms with Crippen LogP contribution in [-0.2, 0) is 11.2 Å². The molecule has 0 fully saturated rings. The average molecular weight is 269 g/mol. The number of aryl methyl sites for hydroxylation is 1. The number of carboxylic acids is 1. The Bertz CT molecular complexity index is 650. The van der Waals surface area contributed by atoms with E-state index in [1.165, 1.54) is 6.07 Å². The number of nitrogens with one attached hydrogen (secondary N) is 1. The standard InChI is InChI=1S/C16H15NO3/c1-11-5-4-6-12(9-11)10-15(18)17-14-8-3-2-7-13(14)16(19)20/h2-9H,10H2,1H3,(H,17,18)(H,19,20). The first kappa shape index (κ1) is 13.8. The summed E-state index contributed by atoms with van der Waals surface area (Å²) in [6, 6.07) is 14.0. The molecule has 0 aliphatic heterocycles. The number of hydrogen-bond acceptors (Lipinski definition) is 2. The molecule has 0 radical (unpaired) electrons. The van der Waals surface area contributed by atoms with Crippen molar-refractivity contribution in [2.45, 2.75) is 13.3 Å². The monoisotopic (exact) mass is 269 g/mol. The highest BCUT2D eigenvalue weighted by molar-refractivity contribution is 6.00. The Kier molecular flexibility index (Phi) is 4.15. The van der Waals surface area contributed by atoms with Gasteiger partial charge in [-0.15, -0.1) is 0 Å². The molecule has 2 aromatic carbocycles. The molecule has 2 aromatic rings. The molecule has 1 amide bonds. The number of carbonyl (C=O) groups excluding carboxylic acids is 1. The lowest BCUT2D eigenvalue weighted by atomic mass is 10.1. The Hall–Kier alpha value is -2.62. The molecular formula is C16H15NO3. The number of amides is 1. The number of carbonyl (C=O) groups is 2. The quantitative estimate of drug-likeness (QED) is 0.896. The van der Waals surface area contributed by atoms with Crippen LogP contribution >= 0.6 is 0 Å². The van der Waals surface area contributed by atoms with Crippen molar-refractivity contribution in [3.05, 3.63) is 65.2 Å². The lowest BCUT2D eigenvalue weighted by molar-refractivity contribution is -0.115. The molecule has 4 heteroatoms. The molecule has 2 rings (SSSR count). The van der Waals surface area contributed by atoms with Gasteiger partial charge in [-0.2, -0.15) is 0 Å². The first-order chi connectivity index (χ1) is 9.56. The number of benzene rings is 2. The number of hydrogen-bond donors (Lipinski definition) is 2. The average Bonchev–Trinajstić information content (AvgIpc) is 2.38. The van der Waals surface area contributed by atoms with Crippen LogP contribution < -0.4 is 5.32 Å². The summed E-state index contributed by atoms with van der Waals surface area (Å²) in [6.45, 7) is 1.96. The van der Waals surface area contributed by atoms with Crippen LogP contribution in [0.1, 0.15) is 21.5 Å². The van der Waals surface area contributed by atoms with E-state index >= 15 is 0 Å². The lowest BCUT2D eigenvalue weighted by Gasteiger charge is -2.08. The van der Waals surface area contributed by atoms with E-state index in [0.717, 1.165) is 11.1 Å². The van der Waals surface area contributed by atoms with Crippen molar-refractivity contribution in [2.75, 3.05) is 5.32 Å². The van der Waals surface area contributed by atoms with Crippen LogP contribution in [0.3, 0.4) is 0 Å². The van der Waals surface area contributed by atoms with Gasteiger partial charge in [-0.05, 0) is 24.6 Å². The molecule has 0 saturated carbocycles. The van der Waals surface area contributed by atoms with E-state index in [0.29, 0.717) is 5.69 Å². The molecule has 0 unspecified atom stereocenters. The second kappa shape index (κ2) is 6.02. The van der Waals surface area contributed by atoms with Crippen LogP contribution in [0.15, 0.2) is 48.5 Å². The summed E-state index contributed by atoms with van der Waals surface area (Å²) >= 11 is 0. The Labute approximate surface area is 117 Å². The minimum Gasteiger partial charge on any atom is -0.478 e. The van der Waals surface area contributed by atoms with Gasteiger partial charge in [0.25, 0.3) is 0 Å². The number of rotatable bonds is 4. The third-order valence-electron chi connectivity index (χ3n) is 2.88. The maximum absolute atomic E-state index is 12.0. The molecule has 0 aliphatic carbocycles. The molecule has 0 aliphatic rings. The number of carboxylic acid groups (broad SMARTS) is 1. The Morgan fingerprint density at radius 1 is 1.10 bits per heavy atom. The van der Waals surface area contributed by atoms with Crippen molar-refractivity contribution in [1.82, 2.24) is 0 Å². The van der Waals surface area contributed by atoms with E-state index in [-0.39, 0.29) is 17.9 Å². The Balaban J connectivity index is 2.11. The minimum atomic E-state index is -1.06. The fourth-order valence-corrected chi connectivity index (χ4v) is 1.98. The molecule has 0 aromatic heterocycles. The van der Waals surface area contributed by atoms with E-state index in [4.69, 9.17) is 5.11 Å². The molecule has 102 valence electrons. The van der Waals surface area contributed by atoms with Gasteiger partial charge in [0.2, 0.25) is 5.91 Å². The summed E-state index contributed by atoms with van der Waals surface area (Å²) in [5.74, 6) is -1.29. The first-order valence-electron chi connectivity index (χ1n) is 6.24. The van der Waals surface area contributed by atoms with Gasteiger partial charge in [0.1, 0.15) is 0 Å². The molecule has 0 heterocycles. The number of anilines is 1. The first-order valence-corrected chi connectivity index (χ1v) is 6.24. The Morgan fingerprint density at radius 2 is 1.85 bits per heavy atom. The van der Waals surface area contributed by atoms with Crippen molar-refractivity contribution in [3.8, 4) is 0 Å². The summed E-state index contributed by atoms with van der Waals surface area (Å²) in [7, 11) is 0. The van der Waals surface area contributed by atoms with Crippen molar-refractivity contribution in [3.63, 3.8) is 0 Å². The van der Waals surface area contributed by atoms with Crippen LogP contribution in [-0.4, -0.2) is 17.0 Å². The smallest absolute Gasteiger partial charge is 0.337 e. The fraction of sp³-hybridized carbons (Fsp3) is 0.125. The van der Waals surface area contributed by atoms with Crippen LogP contribution in [0.2, 0.25) is 0 Å². The molecule has 0 saturated heterocycles. The molecule has 2 N–H and O–H groups in total. The normalized spacial score (nSPS) is 10.1. The third-order valence-corrected chi connectivity index (χ3v) is 2.88. The molecule has 4 nitrogen and oxygen atoms in total. The minimum absolute atomic E-state index is 0.0880. The fourth-order valence-electron chi connectivity index (χ4n) is 1.98. The van der Waals surface area contributed by atoms with E-state index in [9.17, 15) is 9.59 Å². The molecular weight excluding hydrogens is 254 g/mol. The molecule has 0 spiro atoms. The van der Waals surface area contributed by atoms with Crippen LogP contribution in [0.5, 0.6) is 0 Å². The summed E-state index contributed by atoms with van der Waals surface area (Å²) in [5, 5.41) is 11.7. The van der Waals surface area contributed by atoms with Crippen LogP contribution in [0.4, 0.5) is 5.69 Å². The molecule has 0 atom stereocenters. The van der Waals surface area contributed by atoms with Gasteiger partial charge in [0, 0.05) is 0 Å². The van der Waals surface area contributed by atoms with Gasteiger partial charge in [-0.3, -0.25) is 4.79 Å². The zero-order valence-electron chi connectivity index (χ0n) is 11.1. The highest BCUT2D eigenvalue weighted by Gasteiger charge is 2.11. The van der Waals surface area contributed by atoms with Gasteiger partial charge in [0.05, 0.1) is 17.7 Å². The van der Waals surface area contributed by atoms with Gasteiger partial charge in [-0.1, -0.05) is 42.0 Å². The molecule has 0 bridgehead atoms. The van der Waals surface area contributed by atoms with E-state index in [1.54, 1.807) is 18.2 Å². The van der Waals surface area contributed by atoms with Crippen molar-refractivity contribution in [2.24, 2.45) is 0 Å². The predicted octanol–water partition coefficient (Wildman–Crippen LogP) is 2.87. The summed E-state index contributed by atoms with van der Waals surface area (Å²) in [6.07, 6.45) is 0.218. The largest absolute Gasteiger partial charge is 0.478 e. The van der Waals surface area contributed by atoms with E-state index in [2.05, 4.69) is 5.32 Å². The predicted molar refractivity (Wildman–Crippen MR) is 76.9 cm³/mol. The SMILES string of the molecule is Cc1cccc(CC(=O)Nc2ccccc2C(=O)O)c1. The van der Waals surface area contributed by atoms with Crippen molar-refractivity contribution in [1.29, 1.82) is 0 Å². The maximum atomic E-state index is 12.0. The topological polar surface area (TPSA) is 66.4 Å². The highest BCUT2D eigenvalue weighted by Crippen LogP contribution is 2.15. The maximum Gasteiger partial charge on any atom is 0.337 e. The summed E-state index contributed by atoms with van der Waals surface area (Å²) in [5.41, 5.74) is 2.39. The highest BCUT2D eigenvalue weighted by atomic mass is 16.4. The summed E-state index contributed by atoms with van der Waals surface area (Å²) in [4.78, 5) is 23.0. The van der Waals surface area contributed by atoms with Gasteiger partial charge < -0.3 is 10.4 Å². The summed E-state index contributed by atoms with van der Waals surface area (Å²) < 4.78 is 0. The van der Waals surface area contributed by atoms with Crippen LogP contribution in [0, 0.1) is 6.92 Å². The van der Waals surface area contributed by atoms with Crippen LogP contribution in [0.25, 0.3) is 0 Å². The second-order valence-electron chi connectivity index (χ2n) is 4.56. The van der Waals surface area contributed by atoms with E-state index < -0.39 is 5.97 Å². The van der Waals surface area contributed by atoms with Crippen molar-refractivity contribution >= 4 is 17.6 Å². The van der Waals surface area contributed by atoms with Gasteiger partial charge in [0.15, 0.2) is 0 Å². The lowest BCUT2D eigenvalue weighted by Crippen LogP contribution is -2.16. The Morgan fingerprint density at radius 3 is 2.55 bits per heavy atom. The third kappa shape index (κ3) is 3.45. The van der Waals surface area contributed by atoms with Gasteiger partial charge in [-0.25, -0.2) is 4.79 Å². The zero-order valence-corrected chi connectivity index (χ0v) is 11.1. The number of para-hydroxylation sites is 1.